The Balaban J connectivity index is 1.95. The SMILES string of the molecule is CCOC(=O)CC[C@H](OC)[C@@H]([Hg][Cl])[C@H](CO[Si](c1ccccc1)(c1ccccc1)C(C)(C)C)O[Si](c1ccccc1)(c1ccccc1)C(C)(C)C. The molecule has 5 nitrogen and oxygen atoms in total. The average Bonchev–Trinajstić information content (AvgIpc) is 3.12. The molecule has 4 aromatic carbocycles. The van der Waals surface area contributed by atoms with Crippen molar-refractivity contribution in [1.29, 1.82) is 0 Å². The van der Waals surface area contributed by atoms with Gasteiger partial charge in [-0.05, 0) is 0 Å². The molecule has 0 saturated carbocycles. The van der Waals surface area contributed by atoms with Crippen LogP contribution in [0.25, 0.3) is 0 Å². The summed E-state index contributed by atoms with van der Waals surface area (Å²) in [5, 5.41) is 4.35. The van der Waals surface area contributed by atoms with Crippen LogP contribution in [0, 0.1) is 0 Å². The van der Waals surface area contributed by atoms with Crippen LogP contribution >= 0.6 is 8.25 Å². The molecule has 0 bridgehead atoms. The molecule has 0 fully saturated rings. The first-order valence-corrected chi connectivity index (χ1v) is 31.9. The van der Waals surface area contributed by atoms with E-state index in [-0.39, 0.29) is 38.1 Å². The maximum absolute atomic E-state index is 12.6. The van der Waals surface area contributed by atoms with Crippen molar-refractivity contribution < 1.29 is 46.5 Å². The number of esters is 1. The number of rotatable bonds is 17. The summed E-state index contributed by atoms with van der Waals surface area (Å²) < 4.78 is 27.1. The molecule has 0 aromatic heterocycles. The van der Waals surface area contributed by atoms with Gasteiger partial charge in [-0.2, -0.15) is 0 Å². The molecule has 4 rings (SSSR count). The minimum atomic E-state index is -3.04. The van der Waals surface area contributed by atoms with Crippen molar-refractivity contribution in [2.75, 3.05) is 20.3 Å². The van der Waals surface area contributed by atoms with Crippen LogP contribution in [0.2, 0.25) is 13.5 Å². The molecule has 0 amide bonds. The third-order valence-corrected chi connectivity index (χ3v) is 28.7. The van der Waals surface area contributed by atoms with Crippen LogP contribution in [0.1, 0.15) is 61.3 Å². The Bertz CT molecular complexity index is 1540. The molecule has 0 spiro atoms. The third-order valence-electron chi connectivity index (χ3n) is 10.0. The summed E-state index contributed by atoms with van der Waals surface area (Å²) in [6.45, 7) is 16.3. The first-order valence-electron chi connectivity index (χ1n) is 18.1. The number of hydrogen-bond acceptors (Lipinski definition) is 5. The van der Waals surface area contributed by atoms with Gasteiger partial charge in [-0.1, -0.05) is 0 Å². The first-order chi connectivity index (χ1) is 24.4. The fourth-order valence-electron chi connectivity index (χ4n) is 7.57. The van der Waals surface area contributed by atoms with Gasteiger partial charge in [0, 0.05) is 0 Å². The summed E-state index contributed by atoms with van der Waals surface area (Å²) in [5.74, 6) is -0.224. The molecule has 270 valence electrons. The van der Waals surface area contributed by atoms with E-state index in [1.807, 2.05) is 6.92 Å². The van der Waals surface area contributed by atoms with E-state index >= 15 is 0 Å². The van der Waals surface area contributed by atoms with Gasteiger partial charge in [-0.25, -0.2) is 0 Å². The van der Waals surface area contributed by atoms with E-state index in [9.17, 15) is 4.79 Å². The van der Waals surface area contributed by atoms with Crippen LogP contribution in [-0.2, 0) is 46.5 Å². The second-order valence-corrected chi connectivity index (χ2v) is 31.4. The van der Waals surface area contributed by atoms with E-state index in [0.717, 1.165) is 0 Å². The van der Waals surface area contributed by atoms with Gasteiger partial charge in [-0.15, -0.1) is 0 Å². The zero-order valence-corrected chi connectivity index (χ0v) is 40.0. The number of benzene rings is 4. The van der Waals surface area contributed by atoms with Gasteiger partial charge in [0.05, 0.1) is 0 Å². The fourth-order valence-corrected chi connectivity index (χ4v) is 25.2. The van der Waals surface area contributed by atoms with Crippen LogP contribution in [0.4, 0.5) is 0 Å². The molecule has 0 aliphatic heterocycles. The molecule has 51 heavy (non-hydrogen) atoms. The van der Waals surface area contributed by atoms with Gasteiger partial charge in [-0.3, -0.25) is 0 Å². The van der Waals surface area contributed by atoms with E-state index in [2.05, 4.69) is 163 Å². The molecule has 0 N–H and O–H groups in total. The van der Waals surface area contributed by atoms with Crippen molar-refractivity contribution in [3.05, 3.63) is 121 Å². The van der Waals surface area contributed by atoms with E-state index in [0.29, 0.717) is 19.6 Å². The van der Waals surface area contributed by atoms with Crippen molar-refractivity contribution in [2.45, 2.75) is 87.0 Å². The maximum atomic E-state index is 12.6. The van der Waals surface area contributed by atoms with E-state index in [4.69, 9.17) is 26.6 Å². The molecule has 0 aliphatic rings. The predicted octanol–water partition coefficient (Wildman–Crippen LogP) is 7.89. The van der Waals surface area contributed by atoms with Crippen LogP contribution in [0.3, 0.4) is 0 Å². The summed E-state index contributed by atoms with van der Waals surface area (Å²) in [5.41, 5.74) is 0. The Labute approximate surface area is 324 Å². The van der Waals surface area contributed by atoms with E-state index in [1.54, 1.807) is 7.11 Å². The third kappa shape index (κ3) is 9.53. The van der Waals surface area contributed by atoms with Crippen LogP contribution in [0.5, 0.6) is 0 Å². The molecule has 9 heteroatoms. The summed E-state index contributed by atoms with van der Waals surface area (Å²) in [4.78, 5) is 12.6. The van der Waals surface area contributed by atoms with Gasteiger partial charge in [0.25, 0.3) is 0 Å². The summed E-state index contributed by atoms with van der Waals surface area (Å²) in [6.07, 6.45) is 0.102. The quantitative estimate of drug-likeness (QED) is 0.0798. The van der Waals surface area contributed by atoms with Gasteiger partial charge >= 0.3 is 327 Å². The normalized spacial score (nSPS) is 14.3. The Hall–Kier alpha value is -2.11. The van der Waals surface area contributed by atoms with E-state index < -0.39 is 40.0 Å². The summed E-state index contributed by atoms with van der Waals surface area (Å²) in [7, 11) is 2.98. The molecule has 3 atom stereocenters. The van der Waals surface area contributed by atoms with Crippen molar-refractivity contribution in [2.24, 2.45) is 0 Å². The Morgan fingerprint density at radius 2 is 1.06 bits per heavy atom. The zero-order valence-electron chi connectivity index (χ0n) is 31.7. The van der Waals surface area contributed by atoms with Gasteiger partial charge in [0.2, 0.25) is 0 Å². The predicted molar refractivity (Wildman–Crippen MR) is 212 cm³/mol. The monoisotopic (exact) mass is 932 g/mol. The van der Waals surface area contributed by atoms with Gasteiger partial charge < -0.3 is 0 Å². The number of carbonyl (C=O) groups excluding carboxylic acids is 1. The van der Waals surface area contributed by atoms with Gasteiger partial charge in [0.15, 0.2) is 0 Å². The number of carbonyl (C=O) groups is 1. The number of hydrogen-bond donors (Lipinski definition) is 0. The molecular weight excluding hydrogens is 877 g/mol. The second kappa shape index (κ2) is 18.8. The van der Waals surface area contributed by atoms with Crippen molar-refractivity contribution >= 4 is 51.6 Å². The molecule has 0 unspecified atom stereocenters. The first kappa shape index (κ1) is 41.6. The van der Waals surface area contributed by atoms with E-state index in [1.165, 1.54) is 20.7 Å². The molecule has 0 saturated heterocycles. The molecular formula is C42H55ClHgO5Si2. The molecule has 0 aliphatic carbocycles. The van der Waals surface area contributed by atoms with Crippen LogP contribution < -0.4 is 20.7 Å². The number of halogens is 1. The zero-order chi connectivity index (χ0) is 37.1. The summed E-state index contributed by atoms with van der Waals surface area (Å²) >= 11 is -2.24. The number of methoxy groups -OCH3 is 1. The van der Waals surface area contributed by atoms with Crippen molar-refractivity contribution in [3.8, 4) is 0 Å². The molecule has 0 heterocycles. The Morgan fingerprint density at radius 3 is 1.39 bits per heavy atom. The van der Waals surface area contributed by atoms with Gasteiger partial charge in [0.1, 0.15) is 0 Å². The van der Waals surface area contributed by atoms with Crippen molar-refractivity contribution in [1.82, 2.24) is 0 Å². The average molecular weight is 932 g/mol. The Morgan fingerprint density at radius 1 is 0.667 bits per heavy atom. The fraction of sp³-hybridized carbons (Fsp3) is 0.405. The second-order valence-electron chi connectivity index (χ2n) is 15.2. The Kier molecular flexibility index (Phi) is 15.3. The molecule has 4 aromatic rings. The standard InChI is InChI=1S/C42H55O5Si2.ClH.Hg/c1-9-45-40(43)31-30-34(44-8)32-35(47-49(42(5,6)7,38-26-18-12-19-27-38)39-28-20-13-21-29-39)33-46-48(41(2,3)4,36-22-14-10-15-23-36)37-24-16-11-17-25-37;;/h10-29,32,34-35H,9,30-31,33H2,1-8H3;1H;/q;;+1/p-1/t34-,35+;;/m0../s1. The van der Waals surface area contributed by atoms with Crippen LogP contribution in [0.15, 0.2) is 121 Å². The topological polar surface area (TPSA) is 54.0 Å². The molecule has 0 radical (unpaired) electrons. The minimum absolute atomic E-state index is 0.0778. The van der Waals surface area contributed by atoms with Crippen LogP contribution in [-0.4, -0.2) is 55.1 Å². The summed E-state index contributed by atoms with van der Waals surface area (Å²) in [6, 6.07) is 42.9. The van der Waals surface area contributed by atoms with Crippen molar-refractivity contribution in [3.63, 3.8) is 0 Å². The number of ether oxygens (including phenoxy) is 2.